The fraction of sp³-hybridized carbons (Fsp3) is 0.250. The molecular weight excluding hydrogens is 456 g/mol. The summed E-state index contributed by atoms with van der Waals surface area (Å²) in [6.45, 7) is 6.39. The van der Waals surface area contributed by atoms with Crippen LogP contribution in [0.25, 0.3) is 10.9 Å². The summed E-state index contributed by atoms with van der Waals surface area (Å²) in [5.74, 6) is 1.06. The number of nitrogens with zero attached hydrogens (tertiary/aromatic N) is 2. The Bertz CT molecular complexity index is 991. The largest absolute Gasteiger partial charge is 0.340 e. The Balaban J connectivity index is 1.75. The van der Waals surface area contributed by atoms with Gasteiger partial charge in [0.25, 0.3) is 0 Å². The second-order valence-corrected chi connectivity index (χ2v) is 11.1. The molecule has 3 aromatic rings. The lowest BCUT2D eigenvalue weighted by Crippen LogP contribution is -2.14. The summed E-state index contributed by atoms with van der Waals surface area (Å²) in [5.41, 5.74) is 2.45. The molecule has 1 heterocycles. The van der Waals surface area contributed by atoms with Crippen LogP contribution in [0.1, 0.15) is 20.8 Å². The van der Waals surface area contributed by atoms with E-state index in [1.165, 1.54) is 6.33 Å². The lowest BCUT2D eigenvalue weighted by Gasteiger charge is -2.16. The Morgan fingerprint density at radius 2 is 1.93 bits per heavy atom. The van der Waals surface area contributed by atoms with E-state index in [1.807, 2.05) is 42.5 Å². The summed E-state index contributed by atoms with van der Waals surface area (Å²) in [5, 5.41) is 7.12. The van der Waals surface area contributed by atoms with Crippen molar-refractivity contribution in [3.8, 4) is 0 Å². The van der Waals surface area contributed by atoms with E-state index < -0.39 is 0 Å². The van der Waals surface area contributed by atoms with Gasteiger partial charge in [-0.05, 0) is 36.4 Å². The van der Waals surface area contributed by atoms with Gasteiger partial charge >= 0.3 is 0 Å². The second-order valence-electron chi connectivity index (χ2n) is 7.10. The summed E-state index contributed by atoms with van der Waals surface area (Å²) >= 11 is 3.47. The molecule has 1 aromatic heterocycles. The van der Waals surface area contributed by atoms with E-state index in [0.29, 0.717) is 11.6 Å². The van der Waals surface area contributed by atoms with Crippen molar-refractivity contribution in [3.05, 3.63) is 53.3 Å². The summed E-state index contributed by atoms with van der Waals surface area (Å²) in [6, 6.07) is 13.5. The number of nitrogens with one attached hydrogen (secondary N) is 2. The molecule has 0 aliphatic heterocycles. The van der Waals surface area contributed by atoms with Crippen LogP contribution in [-0.2, 0) is 4.79 Å². The minimum atomic E-state index is -0.0283. The van der Waals surface area contributed by atoms with Gasteiger partial charge in [0.2, 0.25) is 5.91 Å². The van der Waals surface area contributed by atoms with Gasteiger partial charge in [-0.1, -0.05) is 64.4 Å². The Labute approximate surface area is 181 Å². The molecule has 0 atom stereocenters. The Morgan fingerprint density at radius 1 is 1.11 bits per heavy atom. The van der Waals surface area contributed by atoms with Gasteiger partial charge in [-0.2, -0.15) is 0 Å². The first-order chi connectivity index (χ1) is 13.3. The summed E-state index contributed by atoms with van der Waals surface area (Å²) in [4.78, 5) is 20.9. The molecular formula is C20H21BrN4OS2. The molecule has 0 aliphatic rings. The van der Waals surface area contributed by atoms with Gasteiger partial charge in [0.1, 0.15) is 12.1 Å². The normalized spacial score (nSPS) is 11.4. The summed E-state index contributed by atoms with van der Waals surface area (Å²) in [6.07, 6.45) is 1.53. The lowest BCUT2D eigenvalue weighted by molar-refractivity contribution is -0.113. The predicted molar refractivity (Wildman–Crippen MR) is 125 cm³/mol. The molecule has 0 saturated heterocycles. The topological polar surface area (TPSA) is 66.9 Å². The van der Waals surface area contributed by atoms with Gasteiger partial charge in [-0.15, -0.1) is 0 Å². The van der Waals surface area contributed by atoms with Crippen LogP contribution in [0.15, 0.2) is 53.3 Å². The third kappa shape index (κ3) is 6.12. The first kappa shape index (κ1) is 21.0. The van der Waals surface area contributed by atoms with Crippen molar-refractivity contribution in [2.45, 2.75) is 25.5 Å². The van der Waals surface area contributed by atoms with Crippen LogP contribution in [0, 0.1) is 0 Å². The number of aromatic nitrogens is 2. The maximum absolute atomic E-state index is 12.3. The van der Waals surface area contributed by atoms with Crippen LogP contribution < -0.4 is 10.6 Å². The first-order valence-corrected chi connectivity index (χ1v) is 11.8. The molecule has 0 radical (unpaired) electrons. The number of carbonyl (C=O) groups is 1. The second kappa shape index (κ2) is 9.15. The lowest BCUT2D eigenvalue weighted by atomic mass is 10.2. The number of anilines is 3. The Kier molecular flexibility index (Phi) is 6.85. The van der Waals surface area contributed by atoms with Gasteiger partial charge in [-0.3, -0.25) is 4.79 Å². The molecule has 0 fully saturated rings. The standard InChI is InChI=1S/C20H21BrN4OS2/c1-20(2,3)28-27-11-18(26)24-15-7-8-17-16(10-15)19(23-12-22-17)25-14-6-4-5-13(21)9-14/h4-10,12H,11H2,1-3H3,(H,24,26)(H,22,23,25). The van der Waals surface area contributed by atoms with E-state index >= 15 is 0 Å². The fourth-order valence-electron chi connectivity index (χ4n) is 2.39. The highest BCUT2D eigenvalue weighted by atomic mass is 79.9. The number of benzene rings is 2. The SMILES string of the molecule is CC(C)(C)SSCC(=O)Nc1ccc2ncnc(Nc3cccc(Br)c3)c2c1. The minimum Gasteiger partial charge on any atom is -0.340 e. The highest BCUT2D eigenvalue weighted by Gasteiger charge is 2.13. The van der Waals surface area contributed by atoms with Crippen molar-refractivity contribution in [1.29, 1.82) is 0 Å². The highest BCUT2D eigenvalue weighted by Crippen LogP contribution is 2.35. The molecule has 146 valence electrons. The maximum Gasteiger partial charge on any atom is 0.235 e. The smallest absolute Gasteiger partial charge is 0.235 e. The molecule has 8 heteroatoms. The van der Waals surface area contributed by atoms with Crippen LogP contribution in [0.2, 0.25) is 0 Å². The van der Waals surface area contributed by atoms with E-state index in [2.05, 4.69) is 57.3 Å². The number of amides is 1. The number of hydrogen-bond donors (Lipinski definition) is 2. The predicted octanol–water partition coefficient (Wildman–Crippen LogP) is 6.25. The highest BCUT2D eigenvalue weighted by molar-refractivity contribution is 9.10. The van der Waals surface area contributed by atoms with Crippen molar-refractivity contribution in [2.75, 3.05) is 16.4 Å². The molecule has 0 spiro atoms. The minimum absolute atomic E-state index is 0.0283. The number of halogens is 1. The number of carbonyl (C=O) groups excluding carboxylic acids is 1. The molecule has 0 aliphatic carbocycles. The van der Waals surface area contributed by atoms with Crippen molar-refractivity contribution in [2.24, 2.45) is 0 Å². The van der Waals surface area contributed by atoms with Crippen LogP contribution in [0.5, 0.6) is 0 Å². The molecule has 0 unspecified atom stereocenters. The maximum atomic E-state index is 12.3. The summed E-state index contributed by atoms with van der Waals surface area (Å²) in [7, 11) is 3.26. The molecule has 2 aromatic carbocycles. The summed E-state index contributed by atoms with van der Waals surface area (Å²) < 4.78 is 1.10. The van der Waals surface area contributed by atoms with E-state index in [0.717, 1.165) is 26.8 Å². The molecule has 0 saturated carbocycles. The average molecular weight is 477 g/mol. The van der Waals surface area contributed by atoms with E-state index in [-0.39, 0.29) is 10.7 Å². The average Bonchev–Trinajstić information content (AvgIpc) is 2.61. The zero-order valence-corrected chi connectivity index (χ0v) is 19.0. The Hall–Kier alpha value is -1.77. The van der Waals surface area contributed by atoms with Crippen molar-refractivity contribution in [1.82, 2.24) is 9.97 Å². The van der Waals surface area contributed by atoms with Crippen molar-refractivity contribution >= 4 is 71.5 Å². The van der Waals surface area contributed by atoms with Gasteiger partial charge < -0.3 is 10.6 Å². The quantitative estimate of drug-likeness (QED) is 0.409. The monoisotopic (exact) mass is 476 g/mol. The molecule has 0 bridgehead atoms. The number of hydrogen-bond acceptors (Lipinski definition) is 6. The molecule has 2 N–H and O–H groups in total. The van der Waals surface area contributed by atoms with Crippen LogP contribution in [0.3, 0.4) is 0 Å². The Morgan fingerprint density at radius 3 is 2.68 bits per heavy atom. The number of rotatable bonds is 6. The zero-order valence-electron chi connectivity index (χ0n) is 15.8. The van der Waals surface area contributed by atoms with Gasteiger partial charge in [0, 0.05) is 26.0 Å². The third-order valence-corrected chi connectivity index (χ3v) is 7.20. The zero-order chi connectivity index (χ0) is 20.1. The van der Waals surface area contributed by atoms with Gasteiger partial charge in [-0.25, -0.2) is 9.97 Å². The van der Waals surface area contributed by atoms with E-state index in [1.54, 1.807) is 21.6 Å². The van der Waals surface area contributed by atoms with Crippen LogP contribution in [-0.4, -0.2) is 26.4 Å². The molecule has 28 heavy (non-hydrogen) atoms. The molecule has 1 amide bonds. The molecule has 5 nitrogen and oxygen atoms in total. The third-order valence-electron chi connectivity index (χ3n) is 3.51. The van der Waals surface area contributed by atoms with Crippen LogP contribution in [0.4, 0.5) is 17.2 Å². The van der Waals surface area contributed by atoms with Crippen LogP contribution >= 0.6 is 37.5 Å². The fourth-order valence-corrected chi connectivity index (χ4v) is 4.94. The van der Waals surface area contributed by atoms with E-state index in [4.69, 9.17) is 0 Å². The van der Waals surface area contributed by atoms with Gasteiger partial charge in [0.15, 0.2) is 0 Å². The van der Waals surface area contributed by atoms with Crippen molar-refractivity contribution < 1.29 is 4.79 Å². The van der Waals surface area contributed by atoms with Crippen molar-refractivity contribution in [3.63, 3.8) is 0 Å². The molecule has 3 rings (SSSR count). The van der Waals surface area contributed by atoms with E-state index in [9.17, 15) is 4.79 Å². The first-order valence-electron chi connectivity index (χ1n) is 8.68. The number of fused-ring (bicyclic) bond motifs is 1. The van der Waals surface area contributed by atoms with Gasteiger partial charge in [0.05, 0.1) is 11.3 Å².